The average Bonchev–Trinajstić information content (AvgIpc) is 3.36. The van der Waals surface area contributed by atoms with Gasteiger partial charge < -0.3 is 19.6 Å². The van der Waals surface area contributed by atoms with Crippen LogP contribution in [0.1, 0.15) is 46.3 Å². The molecule has 0 spiro atoms. The highest BCUT2D eigenvalue weighted by Gasteiger charge is 2.19. The fraction of sp³-hybridized carbons (Fsp3) is 0.250. The standard InChI is InChI=1S/C24H23FN6O5S/c1-2-35-20-7-4-8-21(36-37(25,33)34)19(20)14-28-24(32)17-5-3-6-18(13-17)27-15-22-29-23(31-30-22)16-9-11-26-12-10-16/h1,3-8,11,13,16,27H,9-10,12,14-15H2,(H,28,32)(H,29,30,31). The molecule has 3 aromatic rings. The second kappa shape index (κ2) is 11.5. The molecule has 0 radical (unpaired) electrons. The molecular formula is C24H23FN6O5S. The highest BCUT2D eigenvalue weighted by Crippen LogP contribution is 2.30. The van der Waals surface area contributed by atoms with Crippen molar-refractivity contribution >= 4 is 28.3 Å². The van der Waals surface area contributed by atoms with Crippen LogP contribution in [0.15, 0.2) is 47.5 Å². The molecule has 0 aliphatic carbocycles. The molecule has 1 amide bonds. The van der Waals surface area contributed by atoms with Gasteiger partial charge in [0, 0.05) is 23.7 Å². The number of carbonyl (C=O) groups is 1. The van der Waals surface area contributed by atoms with Crippen LogP contribution in [0.5, 0.6) is 11.5 Å². The smallest absolute Gasteiger partial charge is 0.407 e. The zero-order chi connectivity index (χ0) is 26.3. The first-order valence-electron chi connectivity index (χ1n) is 11.2. The summed E-state index contributed by atoms with van der Waals surface area (Å²) in [6.07, 6.45) is 10.7. The van der Waals surface area contributed by atoms with E-state index in [-0.39, 0.29) is 29.5 Å². The molecule has 2 heterocycles. The van der Waals surface area contributed by atoms with Gasteiger partial charge in [-0.05, 0) is 49.4 Å². The Morgan fingerprint density at radius 2 is 2.03 bits per heavy atom. The zero-order valence-electron chi connectivity index (χ0n) is 19.5. The van der Waals surface area contributed by atoms with Crippen molar-refractivity contribution in [2.45, 2.75) is 31.8 Å². The summed E-state index contributed by atoms with van der Waals surface area (Å²) in [4.78, 5) is 21.6. The molecule has 4 rings (SSSR count). The van der Waals surface area contributed by atoms with Gasteiger partial charge in [-0.3, -0.25) is 14.9 Å². The summed E-state index contributed by atoms with van der Waals surface area (Å²) < 4.78 is 44.5. The van der Waals surface area contributed by atoms with Gasteiger partial charge in [-0.1, -0.05) is 22.4 Å². The van der Waals surface area contributed by atoms with Gasteiger partial charge in [0.05, 0.1) is 18.7 Å². The lowest BCUT2D eigenvalue weighted by atomic mass is 9.99. The molecule has 0 bridgehead atoms. The lowest BCUT2D eigenvalue weighted by Crippen LogP contribution is -2.23. The number of aliphatic imine (C=N–C) groups is 1. The fourth-order valence-corrected chi connectivity index (χ4v) is 4.11. The number of H-pyrrole nitrogens is 1. The Bertz CT molecular complexity index is 1450. The van der Waals surface area contributed by atoms with E-state index >= 15 is 0 Å². The molecule has 192 valence electrons. The number of ether oxygens (including phenoxy) is 1. The van der Waals surface area contributed by atoms with Crippen molar-refractivity contribution in [2.75, 3.05) is 11.9 Å². The van der Waals surface area contributed by atoms with Crippen molar-refractivity contribution in [2.24, 2.45) is 4.99 Å². The first kappa shape index (κ1) is 25.6. The van der Waals surface area contributed by atoms with Crippen LogP contribution >= 0.6 is 0 Å². The predicted molar refractivity (Wildman–Crippen MR) is 133 cm³/mol. The second-order valence-corrected chi connectivity index (χ2v) is 8.95. The van der Waals surface area contributed by atoms with E-state index in [0.717, 1.165) is 25.2 Å². The summed E-state index contributed by atoms with van der Waals surface area (Å²) in [6.45, 7) is 0.896. The Balaban J connectivity index is 1.40. The number of terminal acetylenes is 1. The number of aromatic nitrogens is 3. The van der Waals surface area contributed by atoms with Crippen LogP contribution < -0.4 is 19.6 Å². The van der Waals surface area contributed by atoms with E-state index in [9.17, 15) is 17.1 Å². The number of nitrogens with zero attached hydrogens (tertiary/aromatic N) is 3. The number of hydrogen-bond acceptors (Lipinski definition) is 9. The fourth-order valence-electron chi connectivity index (χ4n) is 3.74. The molecule has 11 nitrogen and oxygen atoms in total. The molecule has 0 saturated heterocycles. The van der Waals surface area contributed by atoms with E-state index < -0.39 is 16.4 Å². The van der Waals surface area contributed by atoms with Crippen LogP contribution in [0.3, 0.4) is 0 Å². The number of rotatable bonds is 10. The minimum atomic E-state index is -5.31. The van der Waals surface area contributed by atoms with Crippen molar-refractivity contribution in [3.8, 4) is 24.0 Å². The molecule has 3 N–H and O–H groups in total. The average molecular weight is 527 g/mol. The normalized spacial score (nSPS) is 15.0. The van der Waals surface area contributed by atoms with Crippen molar-refractivity contribution in [1.29, 1.82) is 0 Å². The van der Waals surface area contributed by atoms with Crippen LogP contribution in [-0.2, 0) is 23.6 Å². The van der Waals surface area contributed by atoms with Crippen LogP contribution in [0.2, 0.25) is 0 Å². The van der Waals surface area contributed by atoms with Crippen LogP contribution in [0.25, 0.3) is 0 Å². The molecule has 0 fully saturated rings. The molecule has 1 atom stereocenters. The topological polar surface area (TPSA) is 148 Å². The highest BCUT2D eigenvalue weighted by molar-refractivity contribution is 7.81. The second-order valence-electron chi connectivity index (χ2n) is 8.00. The minimum Gasteiger partial charge on any atom is -0.407 e. The van der Waals surface area contributed by atoms with E-state index in [1.807, 2.05) is 12.3 Å². The van der Waals surface area contributed by atoms with Crippen molar-refractivity contribution in [1.82, 2.24) is 20.5 Å². The summed E-state index contributed by atoms with van der Waals surface area (Å²) in [5.41, 5.74) is 1.04. The van der Waals surface area contributed by atoms with Crippen molar-refractivity contribution in [3.05, 3.63) is 65.2 Å². The molecule has 1 aliphatic rings. The van der Waals surface area contributed by atoms with E-state index in [4.69, 9.17) is 11.2 Å². The Morgan fingerprint density at radius 1 is 1.22 bits per heavy atom. The monoisotopic (exact) mass is 526 g/mol. The maximum Gasteiger partial charge on any atom is 0.488 e. The number of amides is 1. The summed E-state index contributed by atoms with van der Waals surface area (Å²) in [5, 5.41) is 13.1. The number of halogens is 1. The van der Waals surface area contributed by atoms with Gasteiger partial charge >= 0.3 is 10.5 Å². The highest BCUT2D eigenvalue weighted by atomic mass is 32.3. The lowest BCUT2D eigenvalue weighted by molar-refractivity contribution is 0.0950. The Morgan fingerprint density at radius 3 is 2.78 bits per heavy atom. The van der Waals surface area contributed by atoms with E-state index in [2.05, 4.69) is 35.0 Å². The number of aromatic amines is 1. The number of nitrogens with one attached hydrogen (secondary N) is 3. The first-order chi connectivity index (χ1) is 17.8. The molecule has 13 heteroatoms. The third kappa shape index (κ3) is 7.05. The quantitative estimate of drug-likeness (QED) is 0.270. The number of hydrogen-bond donors (Lipinski definition) is 3. The SMILES string of the molecule is C#COc1cccc(OS(=O)(=O)F)c1CNC(=O)c1cccc(NCc2nc(C3CC=NCC3)n[nH]2)c1. The van der Waals surface area contributed by atoms with Gasteiger partial charge in [0.2, 0.25) is 0 Å². The Kier molecular flexibility index (Phi) is 7.99. The van der Waals surface area contributed by atoms with Gasteiger partial charge in [-0.25, -0.2) is 4.98 Å². The van der Waals surface area contributed by atoms with Gasteiger partial charge in [-0.2, -0.15) is 13.5 Å². The lowest BCUT2D eigenvalue weighted by Gasteiger charge is -2.13. The maximum absolute atomic E-state index is 13.1. The van der Waals surface area contributed by atoms with Crippen molar-refractivity contribution in [3.63, 3.8) is 0 Å². The van der Waals surface area contributed by atoms with E-state index in [1.54, 1.807) is 24.3 Å². The third-order valence-corrected chi connectivity index (χ3v) is 5.88. The van der Waals surface area contributed by atoms with Gasteiger partial charge in [-0.15, -0.1) is 0 Å². The van der Waals surface area contributed by atoms with Crippen LogP contribution in [-0.4, -0.2) is 42.3 Å². The summed E-state index contributed by atoms with van der Waals surface area (Å²) >= 11 is 0. The summed E-state index contributed by atoms with van der Waals surface area (Å²) in [7, 11) is -5.31. The third-order valence-electron chi connectivity index (χ3n) is 5.50. The molecule has 1 unspecified atom stereocenters. The van der Waals surface area contributed by atoms with Crippen LogP contribution in [0.4, 0.5) is 9.57 Å². The minimum absolute atomic E-state index is 0.0336. The maximum atomic E-state index is 13.1. The molecule has 2 aromatic carbocycles. The Hall–Kier alpha value is -4.44. The Labute approximate surface area is 212 Å². The van der Waals surface area contributed by atoms with Crippen LogP contribution in [0, 0.1) is 12.5 Å². The number of benzene rings is 2. The molecule has 1 aliphatic heterocycles. The zero-order valence-corrected chi connectivity index (χ0v) is 20.3. The number of carbonyl (C=O) groups excluding carboxylic acids is 1. The largest absolute Gasteiger partial charge is 0.488 e. The molecular weight excluding hydrogens is 503 g/mol. The molecule has 0 saturated carbocycles. The van der Waals surface area contributed by atoms with Crippen molar-refractivity contribution < 1.29 is 26.0 Å². The van der Waals surface area contributed by atoms with E-state index in [0.29, 0.717) is 23.6 Å². The first-order valence-corrected chi connectivity index (χ1v) is 12.5. The summed E-state index contributed by atoms with van der Waals surface area (Å²) in [6, 6.07) is 10.7. The number of anilines is 1. The van der Waals surface area contributed by atoms with Gasteiger partial charge in [0.1, 0.15) is 17.7 Å². The van der Waals surface area contributed by atoms with Gasteiger partial charge in [0.25, 0.3) is 5.91 Å². The summed E-state index contributed by atoms with van der Waals surface area (Å²) in [5.74, 6) is 0.863. The van der Waals surface area contributed by atoms with E-state index in [1.165, 1.54) is 18.2 Å². The molecule has 1 aromatic heterocycles. The molecule has 37 heavy (non-hydrogen) atoms. The van der Waals surface area contributed by atoms with Gasteiger partial charge in [0.15, 0.2) is 11.6 Å². The predicted octanol–water partition coefficient (Wildman–Crippen LogP) is 2.86.